The fourth-order valence-electron chi connectivity index (χ4n) is 2.21. The van der Waals surface area contributed by atoms with Gasteiger partial charge in [0.05, 0.1) is 0 Å². The minimum atomic E-state index is -3.29. The molecule has 0 saturated carbocycles. The lowest BCUT2D eigenvalue weighted by molar-refractivity contribution is 0.184. The van der Waals surface area contributed by atoms with Gasteiger partial charge in [-0.15, -0.1) is 0 Å². The predicted molar refractivity (Wildman–Crippen MR) is 82.7 cm³/mol. The molecule has 0 radical (unpaired) electrons. The minimum absolute atomic E-state index is 0.327. The molecule has 0 aromatic rings. The maximum absolute atomic E-state index is 12.1. The van der Waals surface area contributed by atoms with Crippen molar-refractivity contribution in [2.45, 2.75) is 33.1 Å². The Labute approximate surface area is 123 Å². The fourth-order valence-corrected chi connectivity index (χ4v) is 3.58. The SMILES string of the molecule is CC(C)CNS(=O)(=O)N1CCN(CCCCCN)CC1. The zero-order valence-corrected chi connectivity index (χ0v) is 13.7. The summed E-state index contributed by atoms with van der Waals surface area (Å²) in [6, 6.07) is 0. The molecule has 20 heavy (non-hydrogen) atoms. The van der Waals surface area contributed by atoms with E-state index in [9.17, 15) is 8.42 Å². The first kappa shape index (κ1) is 17.8. The van der Waals surface area contributed by atoms with Gasteiger partial charge >= 0.3 is 0 Å². The number of rotatable bonds is 9. The number of hydrogen-bond donors (Lipinski definition) is 2. The number of nitrogens with one attached hydrogen (secondary N) is 1. The average molecular weight is 306 g/mol. The summed E-state index contributed by atoms with van der Waals surface area (Å²) in [4.78, 5) is 2.34. The van der Waals surface area contributed by atoms with E-state index in [0.29, 0.717) is 25.6 Å². The van der Waals surface area contributed by atoms with Gasteiger partial charge in [-0.25, -0.2) is 4.72 Å². The van der Waals surface area contributed by atoms with Crippen molar-refractivity contribution in [2.24, 2.45) is 11.7 Å². The van der Waals surface area contributed by atoms with Gasteiger partial charge in [0.25, 0.3) is 10.2 Å². The average Bonchev–Trinajstić information content (AvgIpc) is 2.42. The topological polar surface area (TPSA) is 78.7 Å². The van der Waals surface area contributed by atoms with Crippen LogP contribution in [0.25, 0.3) is 0 Å². The molecule has 0 aromatic heterocycles. The molecule has 7 heteroatoms. The number of unbranched alkanes of at least 4 members (excludes halogenated alkanes) is 2. The molecule has 1 rings (SSSR count). The van der Waals surface area contributed by atoms with E-state index in [1.54, 1.807) is 4.31 Å². The highest BCUT2D eigenvalue weighted by Crippen LogP contribution is 2.08. The quantitative estimate of drug-likeness (QED) is 0.598. The Balaban J connectivity index is 2.27. The van der Waals surface area contributed by atoms with Crippen LogP contribution >= 0.6 is 0 Å². The number of nitrogens with two attached hydrogens (primary N) is 1. The van der Waals surface area contributed by atoms with Crippen LogP contribution in [0.5, 0.6) is 0 Å². The second-order valence-electron chi connectivity index (χ2n) is 5.84. The molecule has 0 unspecified atom stereocenters. The molecular weight excluding hydrogens is 276 g/mol. The molecule has 0 atom stereocenters. The molecule has 0 aliphatic carbocycles. The van der Waals surface area contributed by atoms with E-state index >= 15 is 0 Å². The third-order valence-corrected chi connectivity index (χ3v) is 5.10. The molecule has 1 aliphatic heterocycles. The molecular formula is C13H30N4O2S. The van der Waals surface area contributed by atoms with Gasteiger partial charge in [0.2, 0.25) is 0 Å². The van der Waals surface area contributed by atoms with Crippen molar-refractivity contribution in [3.05, 3.63) is 0 Å². The Morgan fingerprint density at radius 1 is 1.10 bits per heavy atom. The molecule has 0 bridgehead atoms. The van der Waals surface area contributed by atoms with Crippen molar-refractivity contribution in [1.29, 1.82) is 0 Å². The highest BCUT2D eigenvalue weighted by atomic mass is 32.2. The van der Waals surface area contributed by atoms with Gasteiger partial charge in [0, 0.05) is 32.7 Å². The first-order chi connectivity index (χ1) is 9.45. The molecule has 1 fully saturated rings. The zero-order chi connectivity index (χ0) is 15.0. The van der Waals surface area contributed by atoms with E-state index in [2.05, 4.69) is 9.62 Å². The second kappa shape index (κ2) is 8.94. The van der Waals surface area contributed by atoms with Crippen molar-refractivity contribution < 1.29 is 8.42 Å². The summed E-state index contributed by atoms with van der Waals surface area (Å²) in [6.45, 7) is 9.14. The minimum Gasteiger partial charge on any atom is -0.330 e. The number of piperazine rings is 1. The van der Waals surface area contributed by atoms with Gasteiger partial charge in [-0.3, -0.25) is 0 Å². The number of nitrogens with zero attached hydrogens (tertiary/aromatic N) is 2. The van der Waals surface area contributed by atoms with Gasteiger partial charge in [0.1, 0.15) is 0 Å². The van der Waals surface area contributed by atoms with E-state index in [0.717, 1.165) is 45.4 Å². The van der Waals surface area contributed by atoms with Gasteiger partial charge < -0.3 is 10.6 Å². The lowest BCUT2D eigenvalue weighted by Gasteiger charge is -2.34. The molecule has 0 spiro atoms. The van der Waals surface area contributed by atoms with E-state index < -0.39 is 10.2 Å². The highest BCUT2D eigenvalue weighted by molar-refractivity contribution is 7.87. The molecule has 3 N–H and O–H groups in total. The van der Waals surface area contributed by atoms with Crippen LogP contribution in [0.15, 0.2) is 0 Å². The summed E-state index contributed by atoms with van der Waals surface area (Å²) in [5, 5.41) is 0. The first-order valence-electron chi connectivity index (χ1n) is 7.63. The first-order valence-corrected chi connectivity index (χ1v) is 9.07. The van der Waals surface area contributed by atoms with Crippen LogP contribution < -0.4 is 10.5 Å². The Kier molecular flexibility index (Phi) is 7.98. The number of hydrogen-bond acceptors (Lipinski definition) is 4. The van der Waals surface area contributed by atoms with Crippen molar-refractivity contribution in [1.82, 2.24) is 13.9 Å². The van der Waals surface area contributed by atoms with Gasteiger partial charge in [-0.1, -0.05) is 20.3 Å². The summed E-state index contributed by atoms with van der Waals surface area (Å²) in [5.41, 5.74) is 5.47. The molecule has 1 saturated heterocycles. The van der Waals surface area contributed by atoms with Crippen LogP contribution in [-0.2, 0) is 10.2 Å². The summed E-state index contributed by atoms with van der Waals surface area (Å²) < 4.78 is 28.4. The molecule has 120 valence electrons. The van der Waals surface area contributed by atoms with E-state index in [1.807, 2.05) is 13.8 Å². The predicted octanol–water partition coefficient (Wildman–Crippen LogP) is 0.223. The largest absolute Gasteiger partial charge is 0.330 e. The van der Waals surface area contributed by atoms with Crippen molar-refractivity contribution in [2.75, 3.05) is 45.8 Å². The van der Waals surface area contributed by atoms with Crippen LogP contribution in [0.1, 0.15) is 33.1 Å². The third-order valence-electron chi connectivity index (χ3n) is 3.52. The van der Waals surface area contributed by atoms with Crippen LogP contribution in [-0.4, -0.2) is 63.4 Å². The van der Waals surface area contributed by atoms with Crippen LogP contribution in [0.4, 0.5) is 0 Å². The van der Waals surface area contributed by atoms with Gasteiger partial charge in [-0.05, 0) is 31.8 Å². The monoisotopic (exact) mass is 306 g/mol. The van der Waals surface area contributed by atoms with Gasteiger partial charge in [0.15, 0.2) is 0 Å². The summed E-state index contributed by atoms with van der Waals surface area (Å²) in [5.74, 6) is 0.327. The Morgan fingerprint density at radius 3 is 2.30 bits per heavy atom. The zero-order valence-electron chi connectivity index (χ0n) is 12.8. The smallest absolute Gasteiger partial charge is 0.279 e. The Hall–Kier alpha value is -0.210. The van der Waals surface area contributed by atoms with E-state index in [1.165, 1.54) is 0 Å². The lowest BCUT2D eigenvalue weighted by atomic mass is 10.2. The molecule has 0 amide bonds. The summed E-state index contributed by atoms with van der Waals surface area (Å²) in [7, 11) is -3.29. The highest BCUT2D eigenvalue weighted by Gasteiger charge is 2.26. The molecule has 1 aliphatic rings. The third kappa shape index (κ3) is 6.49. The second-order valence-corrected chi connectivity index (χ2v) is 7.59. The van der Waals surface area contributed by atoms with Crippen molar-refractivity contribution in [3.63, 3.8) is 0 Å². The van der Waals surface area contributed by atoms with E-state index in [-0.39, 0.29) is 0 Å². The van der Waals surface area contributed by atoms with Crippen LogP contribution in [0.3, 0.4) is 0 Å². The van der Waals surface area contributed by atoms with Crippen molar-refractivity contribution in [3.8, 4) is 0 Å². The lowest BCUT2D eigenvalue weighted by Crippen LogP contribution is -2.52. The van der Waals surface area contributed by atoms with E-state index in [4.69, 9.17) is 5.73 Å². The Bertz CT molecular complexity index is 351. The molecule has 1 heterocycles. The van der Waals surface area contributed by atoms with Crippen molar-refractivity contribution >= 4 is 10.2 Å². The molecule has 0 aromatic carbocycles. The summed E-state index contributed by atoms with van der Waals surface area (Å²) >= 11 is 0. The maximum Gasteiger partial charge on any atom is 0.279 e. The Morgan fingerprint density at radius 2 is 1.75 bits per heavy atom. The maximum atomic E-state index is 12.1. The standard InChI is InChI=1S/C13H30N4O2S/c1-13(2)12-15-20(18,19)17-10-8-16(9-11-17)7-5-3-4-6-14/h13,15H,3-12,14H2,1-2H3. The van der Waals surface area contributed by atoms with Crippen LogP contribution in [0, 0.1) is 5.92 Å². The van der Waals surface area contributed by atoms with Gasteiger partial charge in [-0.2, -0.15) is 12.7 Å². The molecule has 6 nitrogen and oxygen atoms in total. The van der Waals surface area contributed by atoms with Crippen LogP contribution in [0.2, 0.25) is 0 Å². The normalized spacial score (nSPS) is 18.8. The fraction of sp³-hybridized carbons (Fsp3) is 1.00. The summed E-state index contributed by atoms with van der Waals surface area (Å²) in [6.07, 6.45) is 3.38.